The van der Waals surface area contributed by atoms with Crippen molar-refractivity contribution in [3.63, 3.8) is 0 Å². The summed E-state index contributed by atoms with van der Waals surface area (Å²) in [6.45, 7) is 4.90. The van der Waals surface area contributed by atoms with Crippen LogP contribution in [0.25, 0.3) is 0 Å². The lowest BCUT2D eigenvalue weighted by Crippen LogP contribution is -2.45. The summed E-state index contributed by atoms with van der Waals surface area (Å²) in [5.41, 5.74) is 0. The fourth-order valence-corrected chi connectivity index (χ4v) is 9.69. The molecule has 0 rings (SSSR count). The molecule has 0 aliphatic heterocycles. The van der Waals surface area contributed by atoms with Gasteiger partial charge in [0.15, 0.2) is 0 Å². The van der Waals surface area contributed by atoms with E-state index in [0.717, 1.165) is 57.8 Å². The van der Waals surface area contributed by atoms with Gasteiger partial charge < -0.3 is 20.3 Å². The molecule has 2 unspecified atom stereocenters. The Balaban J connectivity index is 3.45. The van der Waals surface area contributed by atoms with Crippen LogP contribution in [-0.4, -0.2) is 47.4 Å². The second kappa shape index (κ2) is 58.9. The van der Waals surface area contributed by atoms with Crippen molar-refractivity contribution in [3.05, 3.63) is 24.3 Å². The van der Waals surface area contributed by atoms with E-state index < -0.39 is 12.1 Å². The van der Waals surface area contributed by atoms with Gasteiger partial charge in [0.2, 0.25) is 5.91 Å². The van der Waals surface area contributed by atoms with E-state index in [1.165, 1.54) is 257 Å². The van der Waals surface area contributed by atoms with Crippen molar-refractivity contribution in [2.45, 2.75) is 353 Å². The maximum atomic E-state index is 12.5. The smallest absolute Gasteiger partial charge is 0.305 e. The maximum Gasteiger partial charge on any atom is 0.305 e. The predicted molar refractivity (Wildman–Crippen MR) is 301 cm³/mol. The summed E-state index contributed by atoms with van der Waals surface area (Å²) < 4.78 is 5.49. The minimum absolute atomic E-state index is 0.00316. The predicted octanol–water partition coefficient (Wildman–Crippen LogP) is 19.4. The molecule has 0 spiro atoms. The summed E-state index contributed by atoms with van der Waals surface area (Å²) in [5.74, 6) is -0.0788. The Labute approximate surface area is 431 Å². The number of amides is 1. The molecule has 69 heavy (non-hydrogen) atoms. The van der Waals surface area contributed by atoms with Gasteiger partial charge in [-0.1, -0.05) is 295 Å². The average molecular weight is 973 g/mol. The van der Waals surface area contributed by atoms with Crippen LogP contribution >= 0.6 is 0 Å². The number of aliphatic hydroxyl groups is 2. The number of carbonyl (C=O) groups excluding carboxylic acids is 2. The van der Waals surface area contributed by atoms with Gasteiger partial charge in [0.25, 0.3) is 0 Å². The number of hydrogen-bond acceptors (Lipinski definition) is 5. The topological polar surface area (TPSA) is 95.9 Å². The second-order valence-electron chi connectivity index (χ2n) is 21.4. The van der Waals surface area contributed by atoms with Gasteiger partial charge in [-0.2, -0.15) is 0 Å². The molecule has 0 saturated carbocycles. The van der Waals surface area contributed by atoms with E-state index in [0.29, 0.717) is 19.4 Å². The number of nitrogens with one attached hydrogen (secondary N) is 1. The van der Waals surface area contributed by atoms with E-state index in [2.05, 4.69) is 31.3 Å². The average Bonchev–Trinajstić information content (AvgIpc) is 3.35. The molecule has 0 aliphatic carbocycles. The minimum atomic E-state index is -0.852. The van der Waals surface area contributed by atoms with E-state index in [1.807, 2.05) is 6.08 Å². The Bertz CT molecular complexity index is 1080. The molecule has 6 heteroatoms. The van der Waals surface area contributed by atoms with Crippen LogP contribution in [0.15, 0.2) is 24.3 Å². The van der Waals surface area contributed by atoms with E-state index in [-0.39, 0.29) is 18.5 Å². The van der Waals surface area contributed by atoms with Crippen molar-refractivity contribution in [2.75, 3.05) is 13.2 Å². The first-order valence-corrected chi connectivity index (χ1v) is 31.1. The molecule has 0 aromatic carbocycles. The van der Waals surface area contributed by atoms with Crippen molar-refractivity contribution >= 4 is 11.9 Å². The fourth-order valence-electron chi connectivity index (χ4n) is 9.69. The number of unbranched alkanes of at least 4 members (excludes halogenated alkanes) is 45. The maximum absolute atomic E-state index is 12.5. The summed E-state index contributed by atoms with van der Waals surface area (Å²) >= 11 is 0. The van der Waals surface area contributed by atoms with Crippen LogP contribution in [0, 0.1) is 0 Å². The zero-order valence-electron chi connectivity index (χ0n) is 46.6. The molecule has 0 radical (unpaired) electrons. The monoisotopic (exact) mass is 972 g/mol. The Hall–Kier alpha value is -1.66. The van der Waals surface area contributed by atoms with E-state index in [1.54, 1.807) is 6.08 Å². The summed E-state index contributed by atoms with van der Waals surface area (Å²) in [5, 5.41) is 23.2. The second-order valence-corrected chi connectivity index (χ2v) is 21.4. The van der Waals surface area contributed by atoms with Crippen LogP contribution in [-0.2, 0) is 14.3 Å². The quantitative estimate of drug-likeness (QED) is 0.0321. The fraction of sp³-hybridized carbons (Fsp3) is 0.905. The molecule has 0 bridgehead atoms. The Morgan fingerprint density at radius 1 is 0.391 bits per heavy atom. The van der Waals surface area contributed by atoms with Gasteiger partial charge >= 0.3 is 5.97 Å². The van der Waals surface area contributed by atoms with Crippen molar-refractivity contribution in [1.29, 1.82) is 0 Å². The SMILES string of the molecule is CCCCCCCC/C=C\CCCCCCCCCCCC(=O)OCCCCCCCCCCCCCCCCC(=O)NC(CO)C(O)/C=C/CCCCCCCCCCCCCCCCCCC. The zero-order chi connectivity index (χ0) is 50.0. The van der Waals surface area contributed by atoms with Gasteiger partial charge in [0.05, 0.1) is 25.4 Å². The number of aliphatic hydroxyl groups excluding tert-OH is 2. The third-order valence-electron chi connectivity index (χ3n) is 14.5. The van der Waals surface area contributed by atoms with Crippen molar-refractivity contribution < 1.29 is 24.5 Å². The number of carbonyl (C=O) groups is 2. The largest absolute Gasteiger partial charge is 0.466 e. The highest BCUT2D eigenvalue weighted by atomic mass is 16.5. The third kappa shape index (κ3) is 55.5. The Kier molecular flexibility index (Phi) is 57.5. The molecule has 408 valence electrons. The summed E-state index contributed by atoms with van der Waals surface area (Å²) in [6.07, 6.45) is 72.1. The van der Waals surface area contributed by atoms with E-state index in [4.69, 9.17) is 4.74 Å². The summed E-state index contributed by atoms with van der Waals surface area (Å²) in [6, 6.07) is -0.636. The third-order valence-corrected chi connectivity index (χ3v) is 14.5. The van der Waals surface area contributed by atoms with Crippen molar-refractivity contribution in [2.24, 2.45) is 0 Å². The van der Waals surface area contributed by atoms with Gasteiger partial charge in [-0.3, -0.25) is 9.59 Å². The highest BCUT2D eigenvalue weighted by Crippen LogP contribution is 2.17. The number of ether oxygens (including phenoxy) is 1. The van der Waals surface area contributed by atoms with Gasteiger partial charge in [0.1, 0.15) is 0 Å². The lowest BCUT2D eigenvalue weighted by atomic mass is 10.0. The molecule has 3 N–H and O–H groups in total. The lowest BCUT2D eigenvalue weighted by Gasteiger charge is -2.20. The van der Waals surface area contributed by atoms with Gasteiger partial charge in [-0.05, 0) is 57.8 Å². The Morgan fingerprint density at radius 3 is 1.03 bits per heavy atom. The molecule has 0 aliphatic rings. The zero-order valence-corrected chi connectivity index (χ0v) is 46.6. The molecule has 0 aromatic heterocycles. The first-order valence-electron chi connectivity index (χ1n) is 31.1. The van der Waals surface area contributed by atoms with E-state index >= 15 is 0 Å². The molecular formula is C63H121NO5. The van der Waals surface area contributed by atoms with E-state index in [9.17, 15) is 19.8 Å². The first kappa shape index (κ1) is 67.3. The minimum Gasteiger partial charge on any atom is -0.466 e. The summed E-state index contributed by atoms with van der Waals surface area (Å²) in [4.78, 5) is 24.6. The number of allylic oxidation sites excluding steroid dienone is 3. The molecular weight excluding hydrogens is 851 g/mol. The number of rotatable bonds is 58. The number of hydrogen-bond donors (Lipinski definition) is 3. The molecule has 0 saturated heterocycles. The Morgan fingerprint density at radius 2 is 0.681 bits per heavy atom. The van der Waals surface area contributed by atoms with Crippen molar-refractivity contribution in [3.8, 4) is 0 Å². The standard InChI is InChI=1S/C63H121NO5/c1-3-5-7-9-11-13-15-17-19-21-23-25-27-31-35-39-43-47-51-55-61(66)60(59-65)64-62(67)56-52-48-44-40-36-32-29-30-34-38-42-46-50-54-58-69-63(68)57-53-49-45-41-37-33-28-26-24-22-20-18-16-14-12-10-8-6-4-2/h18,20,51,55,60-61,65-66H,3-17,19,21-50,52-54,56-59H2,1-2H3,(H,64,67)/b20-18-,55-51+. The first-order chi connectivity index (χ1) is 34.0. The molecule has 1 amide bonds. The molecule has 0 aromatic rings. The molecule has 6 nitrogen and oxygen atoms in total. The number of esters is 1. The molecule has 2 atom stereocenters. The van der Waals surface area contributed by atoms with Gasteiger partial charge in [-0.15, -0.1) is 0 Å². The van der Waals surface area contributed by atoms with Crippen LogP contribution < -0.4 is 5.32 Å². The van der Waals surface area contributed by atoms with Crippen molar-refractivity contribution in [1.82, 2.24) is 5.32 Å². The van der Waals surface area contributed by atoms with Crippen LogP contribution in [0.3, 0.4) is 0 Å². The van der Waals surface area contributed by atoms with Crippen LogP contribution in [0.5, 0.6) is 0 Å². The normalized spacial score (nSPS) is 12.7. The molecule has 0 heterocycles. The summed E-state index contributed by atoms with van der Waals surface area (Å²) in [7, 11) is 0. The lowest BCUT2D eigenvalue weighted by molar-refractivity contribution is -0.143. The van der Waals surface area contributed by atoms with Crippen LogP contribution in [0.2, 0.25) is 0 Å². The van der Waals surface area contributed by atoms with Crippen LogP contribution in [0.4, 0.5) is 0 Å². The van der Waals surface area contributed by atoms with Gasteiger partial charge in [0, 0.05) is 12.8 Å². The van der Waals surface area contributed by atoms with Gasteiger partial charge in [-0.25, -0.2) is 0 Å². The highest BCUT2D eigenvalue weighted by Gasteiger charge is 2.18. The highest BCUT2D eigenvalue weighted by molar-refractivity contribution is 5.76. The van der Waals surface area contributed by atoms with Crippen LogP contribution in [0.1, 0.15) is 341 Å². The molecule has 0 fully saturated rings.